The number of carbonyl (C=O) groups excluding carboxylic acids is 3. The van der Waals surface area contributed by atoms with Gasteiger partial charge in [-0.2, -0.15) is 0 Å². The standard InChI is InChI=1S/C26H34N4O10S2/c1-17(31)21-16-20-22(39-25(32)29-10-8-27-12-14-41(2,34)35)18-6-4-5-7-19(18)23(24(20)38-21)40-26(33)30-11-9-28-13-15-42(3,36)37/h4-7,16,27-28H,8-15H2,1-3H3,(H,29,32)(H,30,33). The van der Waals surface area contributed by atoms with Gasteiger partial charge in [0, 0.05) is 69.5 Å². The third-order valence-corrected chi connectivity index (χ3v) is 7.67. The van der Waals surface area contributed by atoms with Gasteiger partial charge in [-0.15, -0.1) is 0 Å². The summed E-state index contributed by atoms with van der Waals surface area (Å²) in [5, 5.41) is 12.0. The van der Waals surface area contributed by atoms with E-state index >= 15 is 0 Å². The molecule has 230 valence electrons. The predicted molar refractivity (Wildman–Crippen MR) is 157 cm³/mol. The fourth-order valence-corrected chi connectivity index (χ4v) is 4.82. The van der Waals surface area contributed by atoms with E-state index in [9.17, 15) is 31.2 Å². The van der Waals surface area contributed by atoms with Gasteiger partial charge in [-0.25, -0.2) is 26.4 Å². The maximum atomic E-state index is 12.7. The second-order valence-corrected chi connectivity index (χ2v) is 14.0. The summed E-state index contributed by atoms with van der Waals surface area (Å²) in [4.78, 5) is 37.4. The van der Waals surface area contributed by atoms with Crippen LogP contribution in [-0.4, -0.2) is 98.1 Å². The van der Waals surface area contributed by atoms with Crippen molar-refractivity contribution in [2.24, 2.45) is 0 Å². The molecule has 42 heavy (non-hydrogen) atoms. The first-order chi connectivity index (χ1) is 19.7. The molecule has 2 aromatic carbocycles. The van der Waals surface area contributed by atoms with Gasteiger partial charge in [-0.1, -0.05) is 24.3 Å². The summed E-state index contributed by atoms with van der Waals surface area (Å²) < 4.78 is 61.8. The number of benzene rings is 2. The Morgan fingerprint density at radius 2 is 1.19 bits per heavy atom. The van der Waals surface area contributed by atoms with Crippen LogP contribution < -0.4 is 30.7 Å². The highest BCUT2D eigenvalue weighted by Gasteiger charge is 2.24. The first kappa shape index (κ1) is 32.8. The molecule has 1 heterocycles. The number of hydrogen-bond acceptors (Lipinski definition) is 12. The maximum absolute atomic E-state index is 12.7. The van der Waals surface area contributed by atoms with Crippen molar-refractivity contribution in [1.29, 1.82) is 0 Å². The number of Topliss-reactive ketones (excluding diaryl/α,β-unsaturated/α-hetero) is 1. The number of furan rings is 1. The fourth-order valence-electron chi connectivity index (χ4n) is 3.79. The number of ketones is 1. The van der Waals surface area contributed by atoms with E-state index < -0.39 is 37.6 Å². The lowest BCUT2D eigenvalue weighted by Crippen LogP contribution is -2.35. The van der Waals surface area contributed by atoms with Gasteiger partial charge in [0.05, 0.1) is 16.9 Å². The van der Waals surface area contributed by atoms with Crippen molar-refractivity contribution in [1.82, 2.24) is 21.3 Å². The number of amides is 2. The molecule has 0 bridgehead atoms. The van der Waals surface area contributed by atoms with Crippen molar-refractivity contribution in [2.45, 2.75) is 6.92 Å². The van der Waals surface area contributed by atoms with Gasteiger partial charge >= 0.3 is 12.2 Å². The molecule has 0 spiro atoms. The second-order valence-electron chi connectivity index (χ2n) is 9.51. The zero-order valence-electron chi connectivity index (χ0n) is 23.4. The molecule has 0 unspecified atom stereocenters. The number of fused-ring (bicyclic) bond motifs is 2. The summed E-state index contributed by atoms with van der Waals surface area (Å²) in [5.41, 5.74) is 0.0190. The van der Waals surface area contributed by atoms with Crippen LogP contribution in [0.3, 0.4) is 0 Å². The lowest BCUT2D eigenvalue weighted by molar-refractivity contribution is 0.0989. The van der Waals surface area contributed by atoms with Crippen molar-refractivity contribution in [3.05, 3.63) is 36.1 Å². The van der Waals surface area contributed by atoms with Gasteiger partial charge in [0.15, 0.2) is 28.6 Å². The molecule has 3 rings (SSSR count). The van der Waals surface area contributed by atoms with Gasteiger partial charge in [-0.05, 0) is 6.07 Å². The summed E-state index contributed by atoms with van der Waals surface area (Å²) in [7, 11) is -6.21. The van der Waals surface area contributed by atoms with Crippen LogP contribution in [0.15, 0.2) is 34.7 Å². The molecule has 3 aromatic rings. The van der Waals surface area contributed by atoms with Crippen LogP contribution in [0.2, 0.25) is 0 Å². The molecule has 0 saturated carbocycles. The van der Waals surface area contributed by atoms with Crippen LogP contribution in [-0.2, 0) is 19.7 Å². The van der Waals surface area contributed by atoms with Crippen LogP contribution in [0.25, 0.3) is 21.7 Å². The number of ether oxygens (including phenoxy) is 2. The molecular weight excluding hydrogens is 592 g/mol. The Hall–Kier alpha value is -3.73. The molecule has 0 atom stereocenters. The zero-order chi connectivity index (χ0) is 30.9. The molecule has 1 aromatic heterocycles. The number of rotatable bonds is 15. The third-order valence-electron chi connectivity index (χ3n) is 5.78. The Balaban J connectivity index is 1.77. The monoisotopic (exact) mass is 626 g/mol. The van der Waals surface area contributed by atoms with Crippen LogP contribution in [0, 0.1) is 0 Å². The molecular formula is C26H34N4O10S2. The van der Waals surface area contributed by atoms with E-state index in [1.54, 1.807) is 24.3 Å². The van der Waals surface area contributed by atoms with E-state index in [4.69, 9.17) is 13.9 Å². The van der Waals surface area contributed by atoms with E-state index in [-0.39, 0.29) is 65.9 Å². The van der Waals surface area contributed by atoms with E-state index in [0.29, 0.717) is 23.9 Å². The van der Waals surface area contributed by atoms with Gasteiger partial charge < -0.3 is 35.2 Å². The van der Waals surface area contributed by atoms with E-state index in [1.807, 2.05) is 0 Å². The quantitative estimate of drug-likeness (QED) is 0.139. The van der Waals surface area contributed by atoms with Gasteiger partial charge in [-0.3, -0.25) is 4.79 Å². The summed E-state index contributed by atoms with van der Waals surface area (Å²) in [6.45, 7) is 2.66. The number of hydrogen-bond donors (Lipinski definition) is 4. The third kappa shape index (κ3) is 9.97. The van der Waals surface area contributed by atoms with Crippen molar-refractivity contribution in [2.75, 3.05) is 63.3 Å². The molecule has 2 amide bonds. The Morgan fingerprint density at radius 3 is 1.67 bits per heavy atom. The average molecular weight is 627 g/mol. The first-order valence-electron chi connectivity index (χ1n) is 12.9. The molecule has 0 fully saturated rings. The Kier molecular flexibility index (Phi) is 11.3. The minimum absolute atomic E-state index is 0.0125. The van der Waals surface area contributed by atoms with Crippen LogP contribution >= 0.6 is 0 Å². The topological polar surface area (TPSA) is 199 Å². The zero-order valence-corrected chi connectivity index (χ0v) is 25.1. The Labute approximate surface area is 243 Å². The molecule has 0 aliphatic heterocycles. The second kappa shape index (κ2) is 14.4. The van der Waals surface area contributed by atoms with Crippen molar-refractivity contribution in [3.63, 3.8) is 0 Å². The van der Waals surface area contributed by atoms with E-state index in [1.165, 1.54) is 13.0 Å². The highest BCUT2D eigenvalue weighted by atomic mass is 32.2. The maximum Gasteiger partial charge on any atom is 0.412 e. The number of sulfone groups is 2. The van der Waals surface area contributed by atoms with E-state index in [0.717, 1.165) is 12.5 Å². The molecule has 14 nitrogen and oxygen atoms in total. The molecule has 0 aliphatic carbocycles. The smallest absolute Gasteiger partial charge is 0.412 e. The SMILES string of the molecule is CC(=O)c1cc2c(OC(=O)NCCNCCS(C)(=O)=O)c3ccccc3c(OC(=O)NCCNCCS(C)(=O)=O)c2o1. The molecule has 16 heteroatoms. The minimum Gasteiger partial charge on any atom is -0.449 e. The van der Waals surface area contributed by atoms with Crippen LogP contribution in [0.1, 0.15) is 17.5 Å². The predicted octanol–water partition coefficient (Wildman–Crippen LogP) is 1.23. The molecule has 0 aliphatic rings. The number of carbonyl (C=O) groups is 3. The van der Waals surface area contributed by atoms with E-state index in [2.05, 4.69) is 21.3 Å². The van der Waals surface area contributed by atoms with Crippen molar-refractivity contribution >= 4 is 59.4 Å². The molecule has 0 radical (unpaired) electrons. The molecule has 0 saturated heterocycles. The van der Waals surface area contributed by atoms with Crippen LogP contribution in [0.4, 0.5) is 9.59 Å². The molecule has 4 N–H and O–H groups in total. The Morgan fingerprint density at radius 1 is 0.714 bits per heavy atom. The lowest BCUT2D eigenvalue weighted by atomic mass is 10.1. The van der Waals surface area contributed by atoms with Crippen molar-refractivity contribution < 1.29 is 45.1 Å². The Bertz CT molecular complexity index is 1550. The first-order valence-corrected chi connectivity index (χ1v) is 17.0. The average Bonchev–Trinajstić information content (AvgIpc) is 3.35. The highest BCUT2D eigenvalue weighted by Crippen LogP contribution is 2.44. The highest BCUT2D eigenvalue weighted by molar-refractivity contribution is 7.90. The minimum atomic E-state index is -3.10. The van der Waals surface area contributed by atoms with Gasteiger partial charge in [0.25, 0.3) is 0 Å². The van der Waals surface area contributed by atoms with Crippen LogP contribution in [0.5, 0.6) is 11.5 Å². The summed E-state index contributed by atoms with van der Waals surface area (Å²) >= 11 is 0. The lowest BCUT2D eigenvalue weighted by Gasteiger charge is -2.14. The summed E-state index contributed by atoms with van der Waals surface area (Å²) in [5.74, 6) is -0.412. The van der Waals surface area contributed by atoms with Gasteiger partial charge in [0.1, 0.15) is 19.7 Å². The summed E-state index contributed by atoms with van der Waals surface area (Å²) in [6.07, 6.45) is 0.652. The van der Waals surface area contributed by atoms with Crippen molar-refractivity contribution in [3.8, 4) is 11.5 Å². The van der Waals surface area contributed by atoms with Gasteiger partial charge in [0.2, 0.25) is 0 Å². The number of nitrogens with one attached hydrogen (secondary N) is 4. The fraction of sp³-hybridized carbons (Fsp3) is 0.423. The normalized spacial score (nSPS) is 11.9. The summed E-state index contributed by atoms with van der Waals surface area (Å²) in [6, 6.07) is 8.07. The largest absolute Gasteiger partial charge is 0.449 e.